The predicted octanol–water partition coefficient (Wildman–Crippen LogP) is -0.949. The third-order valence-corrected chi connectivity index (χ3v) is 3.12. The maximum absolute atomic E-state index is 11.7. The number of carbonyl (C=O) groups is 4. The number of nitrogens with zero attached hydrogens (tertiary/aromatic N) is 2. The van der Waals surface area contributed by atoms with Gasteiger partial charge in [-0.1, -0.05) is 0 Å². The van der Waals surface area contributed by atoms with E-state index in [1.165, 1.54) is 0 Å². The van der Waals surface area contributed by atoms with E-state index >= 15 is 0 Å². The average Bonchev–Trinajstić information content (AvgIpc) is 3.03. The monoisotopic (exact) mass is 373 g/mol. The van der Waals surface area contributed by atoms with Crippen LogP contribution in [-0.2, 0) is 20.9 Å². The lowest BCUT2D eigenvalue weighted by Crippen LogP contribution is -2.46. The van der Waals surface area contributed by atoms with E-state index in [0.717, 1.165) is 0 Å². The van der Waals surface area contributed by atoms with Crippen molar-refractivity contribution >= 4 is 23.9 Å². The van der Waals surface area contributed by atoms with Crippen LogP contribution in [0.4, 0.5) is 4.79 Å². The maximum atomic E-state index is 11.7. The zero-order valence-electron chi connectivity index (χ0n) is 13.5. The Morgan fingerprint density at radius 2 is 1.65 bits per heavy atom. The van der Waals surface area contributed by atoms with Gasteiger partial charge in [-0.2, -0.15) is 0 Å². The normalized spacial score (nSPS) is 12.8. The minimum Gasteiger partial charge on any atom is -0.481 e. The van der Waals surface area contributed by atoms with E-state index in [0.29, 0.717) is 0 Å². The molecule has 2 atom stereocenters. The molecule has 1 heterocycles. The summed E-state index contributed by atoms with van der Waals surface area (Å²) in [5.41, 5.74) is 5.70. The van der Waals surface area contributed by atoms with Crippen molar-refractivity contribution in [3.63, 3.8) is 0 Å². The Morgan fingerprint density at radius 1 is 1.04 bits per heavy atom. The van der Waals surface area contributed by atoms with Crippen molar-refractivity contribution in [3.8, 4) is 0 Å². The number of carbonyl (C=O) groups excluding carboxylic acids is 1. The number of carboxylic acids is 3. The van der Waals surface area contributed by atoms with Gasteiger partial charge in [-0.15, -0.1) is 10.2 Å². The van der Waals surface area contributed by atoms with E-state index in [-0.39, 0.29) is 37.6 Å². The number of aliphatic carboxylic acids is 3. The molecular formula is C13H19N5O8. The molecule has 0 aliphatic heterocycles. The van der Waals surface area contributed by atoms with Crippen molar-refractivity contribution < 1.29 is 38.9 Å². The highest BCUT2D eigenvalue weighted by Crippen LogP contribution is 2.14. The molecule has 0 spiro atoms. The molecule has 7 N–H and O–H groups in total. The number of nitrogens with one attached hydrogen (secondary N) is 2. The lowest BCUT2D eigenvalue weighted by molar-refractivity contribution is -0.141. The van der Waals surface area contributed by atoms with Gasteiger partial charge in [0.05, 0.1) is 12.6 Å². The van der Waals surface area contributed by atoms with Crippen molar-refractivity contribution in [3.05, 3.63) is 11.8 Å². The number of hydrogen-bond donors (Lipinski definition) is 6. The Hall–Kier alpha value is -3.22. The van der Waals surface area contributed by atoms with Gasteiger partial charge >= 0.3 is 23.9 Å². The number of aromatic nitrogens is 2. The summed E-state index contributed by atoms with van der Waals surface area (Å²) >= 11 is 0. The zero-order valence-corrected chi connectivity index (χ0v) is 13.5. The molecule has 13 nitrogen and oxygen atoms in total. The van der Waals surface area contributed by atoms with Crippen LogP contribution in [0.2, 0.25) is 0 Å². The highest BCUT2D eigenvalue weighted by Gasteiger charge is 2.21. The van der Waals surface area contributed by atoms with E-state index in [1.54, 1.807) is 0 Å². The fourth-order valence-corrected chi connectivity index (χ4v) is 1.78. The zero-order chi connectivity index (χ0) is 19.7. The molecule has 0 bridgehead atoms. The third kappa shape index (κ3) is 7.57. The molecule has 0 aromatic carbocycles. The van der Waals surface area contributed by atoms with Crippen molar-refractivity contribution in [1.82, 2.24) is 20.8 Å². The van der Waals surface area contributed by atoms with Crippen molar-refractivity contribution in [1.29, 1.82) is 0 Å². The van der Waals surface area contributed by atoms with Crippen LogP contribution in [0, 0.1) is 0 Å². The molecule has 0 fully saturated rings. The molecule has 0 aliphatic carbocycles. The van der Waals surface area contributed by atoms with Gasteiger partial charge in [0.1, 0.15) is 6.04 Å². The number of nitrogens with two attached hydrogens (primary N) is 1. The standard InChI is InChI=1S/C13H19N5O8/c14-6(1-3-9(19)20)11-18-17-8(26-11)5-15-13(25)16-7(12(23)24)2-4-10(21)22/h6-7H,1-5,14H2,(H,19,20)(H,21,22)(H,23,24)(H2,15,16,25)/t6-,7?/m0/s1. The summed E-state index contributed by atoms with van der Waals surface area (Å²) in [4.78, 5) is 43.6. The molecule has 1 aromatic heterocycles. The van der Waals surface area contributed by atoms with Gasteiger partial charge in [0, 0.05) is 12.8 Å². The largest absolute Gasteiger partial charge is 0.481 e. The Labute approximate surface area is 146 Å². The fraction of sp³-hybridized carbons (Fsp3) is 0.538. The first kappa shape index (κ1) is 20.8. The van der Waals surface area contributed by atoms with Crippen molar-refractivity contribution in [2.75, 3.05) is 0 Å². The molecule has 1 rings (SSSR count). The molecule has 0 saturated heterocycles. The topological polar surface area (TPSA) is 218 Å². The predicted molar refractivity (Wildman–Crippen MR) is 81.8 cm³/mol. The Morgan fingerprint density at radius 3 is 2.23 bits per heavy atom. The molecule has 0 saturated carbocycles. The van der Waals surface area contributed by atoms with Crippen LogP contribution in [0.15, 0.2) is 4.42 Å². The van der Waals surface area contributed by atoms with E-state index in [9.17, 15) is 19.2 Å². The SMILES string of the molecule is N[C@@H](CCC(=O)O)c1nnc(CNC(=O)NC(CCC(=O)O)C(=O)O)o1. The van der Waals surface area contributed by atoms with Crippen LogP contribution in [0.5, 0.6) is 0 Å². The average molecular weight is 373 g/mol. The van der Waals surface area contributed by atoms with Crippen molar-refractivity contribution in [2.24, 2.45) is 5.73 Å². The maximum Gasteiger partial charge on any atom is 0.326 e. The van der Waals surface area contributed by atoms with E-state index in [4.69, 9.17) is 25.5 Å². The summed E-state index contributed by atoms with van der Waals surface area (Å²) in [6.45, 7) is -0.226. The van der Waals surface area contributed by atoms with Gasteiger partial charge in [0.15, 0.2) is 0 Å². The smallest absolute Gasteiger partial charge is 0.326 e. The van der Waals surface area contributed by atoms with Gasteiger partial charge in [-0.05, 0) is 12.8 Å². The minimum atomic E-state index is -1.37. The molecule has 13 heteroatoms. The van der Waals surface area contributed by atoms with Crippen LogP contribution in [-0.4, -0.2) is 55.5 Å². The quantitative estimate of drug-likeness (QED) is 0.278. The number of urea groups is 1. The van der Waals surface area contributed by atoms with Gasteiger partial charge in [-0.3, -0.25) is 9.59 Å². The second-order valence-corrected chi connectivity index (χ2v) is 5.22. The number of rotatable bonds is 11. The molecule has 26 heavy (non-hydrogen) atoms. The van der Waals surface area contributed by atoms with Gasteiger partial charge in [-0.25, -0.2) is 9.59 Å². The van der Waals surface area contributed by atoms with Gasteiger partial charge < -0.3 is 36.1 Å². The lowest BCUT2D eigenvalue weighted by Gasteiger charge is -2.13. The van der Waals surface area contributed by atoms with E-state index in [2.05, 4.69) is 20.8 Å². The third-order valence-electron chi connectivity index (χ3n) is 3.12. The van der Waals surface area contributed by atoms with E-state index < -0.39 is 42.4 Å². The molecule has 1 aromatic rings. The fourth-order valence-electron chi connectivity index (χ4n) is 1.78. The van der Waals surface area contributed by atoms with Crippen LogP contribution < -0.4 is 16.4 Å². The molecule has 144 valence electrons. The summed E-state index contributed by atoms with van der Waals surface area (Å²) in [5.74, 6) is -3.58. The highest BCUT2D eigenvalue weighted by molar-refractivity contribution is 5.82. The summed E-state index contributed by atoms with van der Waals surface area (Å²) in [5, 5.41) is 37.8. The summed E-state index contributed by atoms with van der Waals surface area (Å²) in [7, 11) is 0. The first-order valence-electron chi connectivity index (χ1n) is 7.47. The first-order valence-corrected chi connectivity index (χ1v) is 7.47. The summed E-state index contributed by atoms with van der Waals surface area (Å²) < 4.78 is 5.18. The molecular weight excluding hydrogens is 354 g/mol. The van der Waals surface area contributed by atoms with Crippen LogP contribution in [0.25, 0.3) is 0 Å². The van der Waals surface area contributed by atoms with Crippen molar-refractivity contribution in [2.45, 2.75) is 44.3 Å². The molecule has 1 unspecified atom stereocenters. The second-order valence-electron chi connectivity index (χ2n) is 5.22. The lowest BCUT2D eigenvalue weighted by atomic mass is 10.1. The van der Waals surface area contributed by atoms with Gasteiger partial charge in [0.2, 0.25) is 11.8 Å². The Bertz CT molecular complexity index is 661. The number of amides is 2. The van der Waals surface area contributed by atoms with Crippen LogP contribution >= 0.6 is 0 Å². The summed E-state index contributed by atoms with van der Waals surface area (Å²) in [6, 6.07) is -3.00. The molecule has 0 radical (unpaired) electrons. The number of carboxylic acid groups (broad SMARTS) is 3. The van der Waals surface area contributed by atoms with Gasteiger partial charge in [0.25, 0.3) is 0 Å². The Balaban J connectivity index is 2.47. The second kappa shape index (κ2) is 9.93. The highest BCUT2D eigenvalue weighted by atomic mass is 16.4. The Kier molecular flexibility index (Phi) is 7.95. The molecule has 2 amide bonds. The number of hydrogen-bond acceptors (Lipinski definition) is 8. The minimum absolute atomic E-state index is 0.00771. The first-order chi connectivity index (χ1) is 12.2. The van der Waals surface area contributed by atoms with E-state index in [1.807, 2.05) is 0 Å². The van der Waals surface area contributed by atoms with Crippen LogP contribution in [0.1, 0.15) is 43.5 Å². The molecule has 0 aliphatic rings. The summed E-state index contributed by atoms with van der Waals surface area (Å²) in [6.07, 6.45) is -0.777. The van der Waals surface area contributed by atoms with Crippen LogP contribution in [0.3, 0.4) is 0 Å².